The largest absolute Gasteiger partial charge is 0.497 e. The third-order valence-electron chi connectivity index (χ3n) is 6.11. The smallest absolute Gasteiger partial charge is 0.264 e. The second kappa shape index (κ2) is 8.87. The van der Waals surface area contributed by atoms with E-state index >= 15 is 0 Å². The summed E-state index contributed by atoms with van der Waals surface area (Å²) in [5.74, 6) is 1.23. The van der Waals surface area contributed by atoms with Gasteiger partial charge in [0.25, 0.3) is 5.91 Å². The number of fused-ring (bicyclic) bond motifs is 1. The third-order valence-corrected chi connectivity index (χ3v) is 7.31. The Balaban J connectivity index is 1.74. The number of aromatic nitrogens is 1. The van der Waals surface area contributed by atoms with Gasteiger partial charge in [0.05, 0.1) is 28.6 Å². The minimum absolute atomic E-state index is 0.0560. The Morgan fingerprint density at radius 2 is 2.22 bits per heavy atom. The maximum Gasteiger partial charge on any atom is 0.264 e. The molecule has 0 saturated heterocycles. The van der Waals surface area contributed by atoms with Crippen LogP contribution in [0, 0.1) is 5.92 Å². The van der Waals surface area contributed by atoms with Gasteiger partial charge in [-0.15, -0.1) is 11.3 Å². The standard InChI is InChI=1S/C25H33N3O3S/c1-15(2)14-25(3,30)17-10-12-26-20-21(28(4)5)23(32-22(17)20)24(29)27-18-11-13-31-19-9-7-6-8-16(18)19/h6,8,10,12,15,18,30H,7,9,11,13-14H2,1-5H3,(H,27,29)/t18-,25?/m0/s1. The summed E-state index contributed by atoms with van der Waals surface area (Å²) in [6, 6.07) is 1.82. The van der Waals surface area contributed by atoms with Gasteiger partial charge < -0.3 is 20.1 Å². The molecular weight excluding hydrogens is 422 g/mol. The van der Waals surface area contributed by atoms with Gasteiger partial charge in [0.1, 0.15) is 16.2 Å². The van der Waals surface area contributed by atoms with Crippen molar-refractivity contribution in [3.63, 3.8) is 0 Å². The first-order valence-corrected chi connectivity index (χ1v) is 12.2. The molecule has 0 aromatic carbocycles. The van der Waals surface area contributed by atoms with Crippen LogP contribution in [0.25, 0.3) is 10.2 Å². The van der Waals surface area contributed by atoms with E-state index in [0.29, 0.717) is 23.8 Å². The molecule has 0 fully saturated rings. The van der Waals surface area contributed by atoms with Crippen molar-refractivity contribution in [3.8, 4) is 0 Å². The number of anilines is 1. The van der Waals surface area contributed by atoms with E-state index in [0.717, 1.165) is 52.1 Å². The zero-order valence-electron chi connectivity index (χ0n) is 19.6. The van der Waals surface area contributed by atoms with E-state index in [2.05, 4.69) is 36.3 Å². The highest BCUT2D eigenvalue weighted by atomic mass is 32.1. The number of hydrogen-bond donors (Lipinski definition) is 2. The fraction of sp³-hybridized carbons (Fsp3) is 0.520. The fourth-order valence-corrected chi connectivity index (χ4v) is 6.21. The fourth-order valence-electron chi connectivity index (χ4n) is 4.83. The van der Waals surface area contributed by atoms with Crippen LogP contribution in [-0.2, 0) is 10.3 Å². The molecule has 7 heteroatoms. The second-order valence-electron chi connectivity index (χ2n) is 9.57. The summed E-state index contributed by atoms with van der Waals surface area (Å²) in [7, 11) is 3.86. The predicted molar refractivity (Wildman–Crippen MR) is 130 cm³/mol. The number of nitrogens with one attached hydrogen (secondary N) is 1. The number of pyridine rings is 1. The maximum atomic E-state index is 13.5. The van der Waals surface area contributed by atoms with Crippen LogP contribution in [0.1, 0.15) is 61.7 Å². The Labute approximate surface area is 194 Å². The Morgan fingerprint density at radius 3 is 2.94 bits per heavy atom. The summed E-state index contributed by atoms with van der Waals surface area (Å²) >= 11 is 1.42. The van der Waals surface area contributed by atoms with Gasteiger partial charge in [0.15, 0.2) is 0 Å². The van der Waals surface area contributed by atoms with Crippen LogP contribution < -0.4 is 10.2 Å². The van der Waals surface area contributed by atoms with E-state index < -0.39 is 5.60 Å². The average Bonchev–Trinajstić information content (AvgIpc) is 3.13. The number of ether oxygens (including phenoxy) is 1. The van der Waals surface area contributed by atoms with E-state index in [1.807, 2.05) is 32.0 Å². The van der Waals surface area contributed by atoms with E-state index in [9.17, 15) is 9.90 Å². The Hall–Kier alpha value is -2.38. The molecule has 0 bridgehead atoms. The SMILES string of the molecule is CC(C)CC(C)(O)c1ccnc2c(N(C)C)c(C(=O)N[C@H]3CCOC4=C3C=CCC4)sc12. The van der Waals surface area contributed by atoms with Crippen molar-refractivity contribution in [1.82, 2.24) is 10.3 Å². The molecule has 0 radical (unpaired) electrons. The second-order valence-corrected chi connectivity index (χ2v) is 10.6. The highest BCUT2D eigenvalue weighted by Crippen LogP contribution is 2.42. The number of thiophene rings is 1. The van der Waals surface area contributed by atoms with E-state index in [1.54, 1.807) is 6.20 Å². The Bertz CT molecular complexity index is 1080. The average molecular weight is 456 g/mol. The summed E-state index contributed by atoms with van der Waals surface area (Å²) in [4.78, 5) is 20.7. The van der Waals surface area contributed by atoms with Crippen LogP contribution in [0.15, 0.2) is 35.7 Å². The molecule has 2 N–H and O–H groups in total. The number of aliphatic hydroxyl groups is 1. The van der Waals surface area contributed by atoms with Crippen LogP contribution in [0.5, 0.6) is 0 Å². The summed E-state index contributed by atoms with van der Waals surface area (Å²) in [5, 5.41) is 14.5. The highest BCUT2D eigenvalue weighted by molar-refractivity contribution is 7.21. The topological polar surface area (TPSA) is 74.7 Å². The van der Waals surface area contributed by atoms with Crippen LogP contribution in [0.4, 0.5) is 5.69 Å². The summed E-state index contributed by atoms with van der Waals surface area (Å²) < 4.78 is 6.70. The first kappa shape index (κ1) is 22.8. The first-order valence-electron chi connectivity index (χ1n) is 11.3. The molecule has 1 unspecified atom stereocenters. The molecule has 4 rings (SSSR count). The first-order chi connectivity index (χ1) is 15.2. The van der Waals surface area contributed by atoms with Gasteiger partial charge in [-0.1, -0.05) is 26.0 Å². The van der Waals surface area contributed by atoms with Gasteiger partial charge in [-0.2, -0.15) is 0 Å². The lowest BCUT2D eigenvalue weighted by Gasteiger charge is -2.30. The molecule has 32 heavy (non-hydrogen) atoms. The molecule has 1 amide bonds. The number of rotatable bonds is 6. The lowest BCUT2D eigenvalue weighted by Crippen LogP contribution is -2.39. The molecule has 1 aliphatic heterocycles. The van der Waals surface area contributed by atoms with Gasteiger partial charge in [-0.05, 0) is 31.7 Å². The summed E-state index contributed by atoms with van der Waals surface area (Å²) in [6.45, 7) is 6.67. The zero-order chi connectivity index (χ0) is 23.0. The molecule has 2 aliphatic rings. The predicted octanol–water partition coefficient (Wildman–Crippen LogP) is 4.74. The minimum atomic E-state index is -0.995. The van der Waals surface area contributed by atoms with Gasteiger partial charge in [0, 0.05) is 44.3 Å². The van der Waals surface area contributed by atoms with Crippen LogP contribution in [0.3, 0.4) is 0 Å². The molecule has 2 atom stereocenters. The van der Waals surface area contributed by atoms with E-state index in [4.69, 9.17) is 4.74 Å². The molecule has 0 spiro atoms. The lowest BCUT2D eigenvalue weighted by molar-refractivity contribution is 0.0364. The van der Waals surface area contributed by atoms with Crippen molar-refractivity contribution in [2.75, 3.05) is 25.6 Å². The third kappa shape index (κ3) is 4.28. The van der Waals surface area contributed by atoms with Crippen molar-refractivity contribution in [2.24, 2.45) is 5.92 Å². The number of carbonyl (C=O) groups is 1. The van der Waals surface area contributed by atoms with Crippen LogP contribution in [0.2, 0.25) is 0 Å². The molecule has 1 aliphatic carbocycles. The molecular formula is C25H33N3O3S. The van der Waals surface area contributed by atoms with Crippen molar-refractivity contribution in [1.29, 1.82) is 0 Å². The van der Waals surface area contributed by atoms with E-state index in [1.165, 1.54) is 11.3 Å². The number of allylic oxidation sites excluding steroid dienone is 2. The van der Waals surface area contributed by atoms with Gasteiger partial charge in [-0.3, -0.25) is 9.78 Å². The molecule has 3 heterocycles. The zero-order valence-corrected chi connectivity index (χ0v) is 20.4. The lowest BCUT2D eigenvalue weighted by atomic mass is 9.87. The Kier molecular flexibility index (Phi) is 6.32. The number of nitrogens with zero attached hydrogens (tertiary/aromatic N) is 2. The Morgan fingerprint density at radius 1 is 1.44 bits per heavy atom. The number of carbonyl (C=O) groups excluding carboxylic acids is 1. The molecule has 172 valence electrons. The molecule has 6 nitrogen and oxygen atoms in total. The quantitative estimate of drug-likeness (QED) is 0.658. The van der Waals surface area contributed by atoms with Gasteiger partial charge >= 0.3 is 0 Å². The maximum absolute atomic E-state index is 13.5. The van der Waals surface area contributed by atoms with Crippen LogP contribution in [-0.4, -0.2) is 42.7 Å². The highest BCUT2D eigenvalue weighted by Gasteiger charge is 2.32. The minimum Gasteiger partial charge on any atom is -0.497 e. The number of amides is 1. The van der Waals surface area contributed by atoms with Gasteiger partial charge in [-0.25, -0.2) is 0 Å². The van der Waals surface area contributed by atoms with Crippen molar-refractivity contribution < 1.29 is 14.6 Å². The van der Waals surface area contributed by atoms with Crippen molar-refractivity contribution in [3.05, 3.63) is 46.2 Å². The van der Waals surface area contributed by atoms with Crippen molar-refractivity contribution in [2.45, 2.75) is 58.1 Å². The van der Waals surface area contributed by atoms with Crippen molar-refractivity contribution >= 4 is 33.1 Å². The molecule has 2 aromatic rings. The molecule has 2 aromatic heterocycles. The summed E-state index contributed by atoms with van der Waals surface area (Å²) in [6.07, 6.45) is 9.22. The normalized spacial score (nSPS) is 20.2. The van der Waals surface area contributed by atoms with Gasteiger partial charge in [0.2, 0.25) is 0 Å². The summed E-state index contributed by atoms with van der Waals surface area (Å²) in [5.41, 5.74) is 2.48. The van der Waals surface area contributed by atoms with Crippen LogP contribution >= 0.6 is 11.3 Å². The number of hydrogen-bond acceptors (Lipinski definition) is 6. The monoisotopic (exact) mass is 455 g/mol. The van der Waals surface area contributed by atoms with E-state index in [-0.39, 0.29) is 11.9 Å². The molecule has 0 saturated carbocycles.